The molecule has 1 fully saturated rings. The number of benzene rings is 2. The van der Waals surface area contributed by atoms with E-state index < -0.39 is 0 Å². The fourth-order valence-electron chi connectivity index (χ4n) is 3.66. The summed E-state index contributed by atoms with van der Waals surface area (Å²) in [5.41, 5.74) is 1.76. The van der Waals surface area contributed by atoms with Gasteiger partial charge in [-0.15, -0.1) is 0 Å². The van der Waals surface area contributed by atoms with Gasteiger partial charge in [-0.2, -0.15) is 0 Å². The Morgan fingerprint density at radius 1 is 0.839 bits per heavy atom. The molecule has 0 spiro atoms. The van der Waals surface area contributed by atoms with Gasteiger partial charge in [-0.1, -0.05) is 30.7 Å². The standard InChI is InChI=1S/C24H32N4O3/c29-22-10-3-2-7-21(22)18-25-11-12-26-23(30)19-8-6-9-20(17-19)24(31)27-13-16-28-14-4-1-5-15-28/h2-3,6-10,17,25,29H,1,4-5,11-16,18H2,(H,26,30)(H,27,31). The quantitative estimate of drug-likeness (QED) is 0.439. The Balaban J connectivity index is 1.38. The van der Waals surface area contributed by atoms with E-state index in [4.69, 9.17) is 0 Å². The lowest BCUT2D eigenvalue weighted by molar-refractivity contribution is 0.0946. The van der Waals surface area contributed by atoms with Gasteiger partial charge >= 0.3 is 0 Å². The molecule has 4 N–H and O–H groups in total. The number of amides is 2. The van der Waals surface area contributed by atoms with E-state index in [1.807, 2.05) is 12.1 Å². The molecule has 0 bridgehead atoms. The smallest absolute Gasteiger partial charge is 0.251 e. The number of likely N-dealkylation sites (tertiary alicyclic amines) is 1. The Morgan fingerprint density at radius 2 is 1.52 bits per heavy atom. The number of piperidine rings is 1. The maximum Gasteiger partial charge on any atom is 0.251 e. The molecule has 2 aromatic carbocycles. The zero-order valence-electron chi connectivity index (χ0n) is 17.9. The number of nitrogens with one attached hydrogen (secondary N) is 3. The predicted molar refractivity (Wildman–Crippen MR) is 121 cm³/mol. The minimum Gasteiger partial charge on any atom is -0.508 e. The normalized spacial score (nSPS) is 14.2. The van der Waals surface area contributed by atoms with E-state index in [1.54, 1.807) is 36.4 Å². The van der Waals surface area contributed by atoms with Crippen molar-refractivity contribution in [3.05, 3.63) is 65.2 Å². The Bertz CT molecular complexity index is 865. The molecule has 7 nitrogen and oxygen atoms in total. The van der Waals surface area contributed by atoms with Crippen molar-refractivity contribution in [1.29, 1.82) is 0 Å². The van der Waals surface area contributed by atoms with E-state index >= 15 is 0 Å². The van der Waals surface area contributed by atoms with Gasteiger partial charge in [0.2, 0.25) is 0 Å². The van der Waals surface area contributed by atoms with Gasteiger partial charge in [-0.25, -0.2) is 0 Å². The molecular formula is C24H32N4O3. The third-order valence-corrected chi connectivity index (χ3v) is 5.44. The summed E-state index contributed by atoms with van der Waals surface area (Å²) in [5.74, 6) is -0.117. The van der Waals surface area contributed by atoms with Gasteiger partial charge < -0.3 is 26.0 Å². The zero-order chi connectivity index (χ0) is 21.9. The summed E-state index contributed by atoms with van der Waals surface area (Å²) in [7, 11) is 0. The van der Waals surface area contributed by atoms with E-state index in [1.165, 1.54) is 19.3 Å². The summed E-state index contributed by atoms with van der Waals surface area (Å²) >= 11 is 0. The second kappa shape index (κ2) is 12.1. The molecule has 0 atom stereocenters. The van der Waals surface area contributed by atoms with Crippen LogP contribution in [0.1, 0.15) is 45.5 Å². The molecule has 0 saturated carbocycles. The van der Waals surface area contributed by atoms with Crippen LogP contribution in [0.15, 0.2) is 48.5 Å². The van der Waals surface area contributed by atoms with Crippen LogP contribution in [0.2, 0.25) is 0 Å². The van der Waals surface area contributed by atoms with Crippen molar-refractivity contribution in [3.63, 3.8) is 0 Å². The highest BCUT2D eigenvalue weighted by Gasteiger charge is 2.12. The number of hydrogen-bond acceptors (Lipinski definition) is 5. The largest absolute Gasteiger partial charge is 0.508 e. The molecular weight excluding hydrogens is 392 g/mol. The van der Waals surface area contributed by atoms with Crippen LogP contribution in [0, 0.1) is 0 Å². The van der Waals surface area contributed by atoms with Gasteiger partial charge in [0.25, 0.3) is 11.8 Å². The summed E-state index contributed by atoms with van der Waals surface area (Å²) in [6.45, 7) is 5.21. The van der Waals surface area contributed by atoms with Gasteiger partial charge in [-0.3, -0.25) is 9.59 Å². The number of phenols is 1. The monoisotopic (exact) mass is 424 g/mol. The van der Waals surface area contributed by atoms with Crippen molar-refractivity contribution < 1.29 is 14.7 Å². The van der Waals surface area contributed by atoms with Crippen molar-refractivity contribution >= 4 is 11.8 Å². The Labute approximate surface area is 183 Å². The molecule has 0 aliphatic carbocycles. The van der Waals surface area contributed by atoms with Gasteiger partial charge in [0.05, 0.1) is 0 Å². The molecule has 0 unspecified atom stereocenters. The first kappa shape index (κ1) is 22.8. The molecule has 1 aliphatic rings. The second-order valence-electron chi connectivity index (χ2n) is 7.80. The van der Waals surface area contributed by atoms with Crippen molar-refractivity contribution in [2.24, 2.45) is 0 Å². The molecule has 1 heterocycles. The van der Waals surface area contributed by atoms with E-state index in [2.05, 4.69) is 20.9 Å². The molecule has 7 heteroatoms. The SMILES string of the molecule is O=C(NCCNCc1ccccc1O)c1cccc(C(=O)NCCN2CCCCC2)c1. The maximum atomic E-state index is 12.4. The molecule has 31 heavy (non-hydrogen) atoms. The maximum absolute atomic E-state index is 12.4. The molecule has 0 aromatic heterocycles. The average Bonchev–Trinajstić information content (AvgIpc) is 2.80. The van der Waals surface area contributed by atoms with Crippen LogP contribution in [0.4, 0.5) is 0 Å². The summed E-state index contributed by atoms with van der Waals surface area (Å²) in [5, 5.41) is 18.7. The van der Waals surface area contributed by atoms with Crippen molar-refractivity contribution in [3.8, 4) is 5.75 Å². The summed E-state index contributed by atoms with van der Waals surface area (Å²) < 4.78 is 0. The van der Waals surface area contributed by atoms with Crippen LogP contribution in [-0.2, 0) is 6.54 Å². The lowest BCUT2D eigenvalue weighted by Gasteiger charge is -2.26. The van der Waals surface area contributed by atoms with Gasteiger partial charge in [-0.05, 0) is 50.2 Å². The molecule has 3 rings (SSSR count). The van der Waals surface area contributed by atoms with Crippen LogP contribution in [-0.4, -0.2) is 61.1 Å². The molecule has 1 saturated heterocycles. The zero-order valence-corrected chi connectivity index (χ0v) is 17.9. The highest BCUT2D eigenvalue weighted by molar-refractivity contribution is 5.99. The van der Waals surface area contributed by atoms with E-state index in [0.717, 1.165) is 25.2 Å². The van der Waals surface area contributed by atoms with Crippen LogP contribution < -0.4 is 16.0 Å². The highest BCUT2D eigenvalue weighted by Crippen LogP contribution is 2.14. The topological polar surface area (TPSA) is 93.7 Å². The molecule has 0 radical (unpaired) electrons. The van der Waals surface area contributed by atoms with Crippen LogP contribution in [0.3, 0.4) is 0 Å². The van der Waals surface area contributed by atoms with E-state index in [-0.39, 0.29) is 17.6 Å². The van der Waals surface area contributed by atoms with Crippen LogP contribution in [0.5, 0.6) is 5.75 Å². The first-order chi connectivity index (χ1) is 15.1. The van der Waals surface area contributed by atoms with Gasteiger partial charge in [0.15, 0.2) is 0 Å². The number of aromatic hydroxyl groups is 1. The molecule has 166 valence electrons. The van der Waals surface area contributed by atoms with Crippen molar-refractivity contribution in [1.82, 2.24) is 20.9 Å². The lowest BCUT2D eigenvalue weighted by atomic mass is 10.1. The first-order valence-electron chi connectivity index (χ1n) is 11.0. The Morgan fingerprint density at radius 3 is 2.23 bits per heavy atom. The second-order valence-corrected chi connectivity index (χ2v) is 7.80. The molecule has 1 aliphatic heterocycles. The highest BCUT2D eigenvalue weighted by atomic mass is 16.3. The van der Waals surface area contributed by atoms with Crippen LogP contribution >= 0.6 is 0 Å². The van der Waals surface area contributed by atoms with Gasteiger partial charge in [0.1, 0.15) is 5.75 Å². The minimum absolute atomic E-state index is 0.156. The van der Waals surface area contributed by atoms with Crippen molar-refractivity contribution in [2.45, 2.75) is 25.8 Å². The first-order valence-corrected chi connectivity index (χ1v) is 11.0. The van der Waals surface area contributed by atoms with E-state index in [0.29, 0.717) is 37.3 Å². The minimum atomic E-state index is -0.215. The number of phenolic OH excluding ortho intramolecular Hbond substituents is 1. The number of para-hydroxylation sites is 1. The number of carbonyl (C=O) groups excluding carboxylic acids is 2. The third-order valence-electron chi connectivity index (χ3n) is 5.44. The van der Waals surface area contributed by atoms with Crippen molar-refractivity contribution in [2.75, 3.05) is 39.3 Å². The van der Waals surface area contributed by atoms with Crippen LogP contribution in [0.25, 0.3) is 0 Å². The Kier molecular flexibility index (Phi) is 8.87. The third kappa shape index (κ3) is 7.38. The fourth-order valence-corrected chi connectivity index (χ4v) is 3.66. The average molecular weight is 425 g/mol. The summed E-state index contributed by atoms with van der Waals surface area (Å²) in [4.78, 5) is 27.2. The summed E-state index contributed by atoms with van der Waals surface area (Å²) in [6.07, 6.45) is 3.76. The predicted octanol–water partition coefficient (Wildman–Crippen LogP) is 2.13. The number of hydrogen-bond donors (Lipinski definition) is 4. The van der Waals surface area contributed by atoms with Gasteiger partial charge in [0, 0.05) is 49.4 Å². The summed E-state index contributed by atoms with van der Waals surface area (Å²) in [6, 6.07) is 13.9. The number of rotatable bonds is 10. The lowest BCUT2D eigenvalue weighted by Crippen LogP contribution is -2.37. The molecule has 2 amide bonds. The van der Waals surface area contributed by atoms with E-state index in [9.17, 15) is 14.7 Å². The molecule has 2 aromatic rings. The fraction of sp³-hybridized carbons (Fsp3) is 0.417. The number of carbonyl (C=O) groups is 2. The number of nitrogens with zero attached hydrogens (tertiary/aromatic N) is 1. The Hall–Kier alpha value is -2.90.